The molecule has 4 nitrogen and oxygen atoms in total. The second kappa shape index (κ2) is 8.33. The van der Waals surface area contributed by atoms with Crippen molar-refractivity contribution >= 4 is 27.9 Å². The van der Waals surface area contributed by atoms with E-state index in [2.05, 4.69) is 59.9 Å². The molecule has 0 aliphatic carbocycles. The minimum atomic E-state index is 0.173. The fraction of sp³-hybridized carbons (Fsp3) is 0.458. The summed E-state index contributed by atoms with van der Waals surface area (Å²) in [4.78, 5) is 25.3. The zero-order valence-corrected chi connectivity index (χ0v) is 18.3. The first kappa shape index (κ1) is 20.2. The molecule has 152 valence electrons. The second-order valence-corrected chi connectivity index (χ2v) is 10.2. The molecule has 0 N–H and O–H groups in total. The number of carbonyl (C=O) groups is 1. The highest BCUT2D eigenvalue weighted by molar-refractivity contribution is 7.13. The number of ketones is 1. The van der Waals surface area contributed by atoms with Crippen molar-refractivity contribution < 1.29 is 4.79 Å². The number of benzene rings is 1. The first-order chi connectivity index (χ1) is 13.9. The Labute approximate surface area is 177 Å². The van der Waals surface area contributed by atoms with Gasteiger partial charge in [0.1, 0.15) is 5.78 Å². The van der Waals surface area contributed by atoms with Crippen LogP contribution in [0.2, 0.25) is 0 Å². The van der Waals surface area contributed by atoms with Gasteiger partial charge in [0.15, 0.2) is 0 Å². The maximum atomic E-state index is 12.9. The third kappa shape index (κ3) is 5.09. The molecular formula is C24H29N3OS. The van der Waals surface area contributed by atoms with E-state index >= 15 is 0 Å². The number of likely N-dealkylation sites (tertiary alicyclic amines) is 1. The minimum Gasteiger partial charge on any atom is -0.303 e. The van der Waals surface area contributed by atoms with Crippen molar-refractivity contribution in [1.29, 1.82) is 0 Å². The molecule has 1 fully saturated rings. The van der Waals surface area contributed by atoms with Crippen molar-refractivity contribution in [1.82, 2.24) is 14.9 Å². The Morgan fingerprint density at radius 2 is 1.93 bits per heavy atom. The predicted molar refractivity (Wildman–Crippen MR) is 120 cm³/mol. The van der Waals surface area contributed by atoms with Crippen LogP contribution in [0.4, 0.5) is 0 Å². The van der Waals surface area contributed by atoms with Crippen LogP contribution in [0.5, 0.6) is 0 Å². The third-order valence-electron chi connectivity index (χ3n) is 5.59. The average molecular weight is 408 g/mol. The van der Waals surface area contributed by atoms with Crippen LogP contribution in [0, 0.1) is 11.3 Å². The van der Waals surface area contributed by atoms with Crippen molar-refractivity contribution in [3.05, 3.63) is 47.9 Å². The van der Waals surface area contributed by atoms with Crippen LogP contribution in [0.1, 0.15) is 39.3 Å². The molecule has 2 aromatic heterocycles. The zero-order chi connectivity index (χ0) is 20.4. The monoisotopic (exact) mass is 407 g/mol. The number of carbonyl (C=O) groups excluding carboxylic acids is 1. The zero-order valence-electron chi connectivity index (χ0n) is 17.5. The molecule has 3 heterocycles. The summed E-state index contributed by atoms with van der Waals surface area (Å²) in [7, 11) is 0. The molecule has 0 atom stereocenters. The van der Waals surface area contributed by atoms with Crippen LogP contribution in [0.3, 0.4) is 0 Å². The van der Waals surface area contributed by atoms with E-state index in [0.717, 1.165) is 59.4 Å². The molecular weight excluding hydrogens is 378 g/mol. The quantitative estimate of drug-likeness (QED) is 0.581. The Morgan fingerprint density at radius 3 is 2.62 bits per heavy atom. The van der Waals surface area contributed by atoms with E-state index in [1.807, 2.05) is 17.9 Å². The molecule has 0 spiro atoms. The topological polar surface area (TPSA) is 46.1 Å². The average Bonchev–Trinajstić information content (AvgIpc) is 3.21. The van der Waals surface area contributed by atoms with E-state index in [-0.39, 0.29) is 5.92 Å². The second-order valence-electron chi connectivity index (χ2n) is 9.36. The lowest BCUT2D eigenvalue weighted by Gasteiger charge is -2.35. The summed E-state index contributed by atoms with van der Waals surface area (Å²) in [6.07, 6.45) is 6.16. The molecule has 1 saturated heterocycles. The number of rotatable bonds is 5. The minimum absolute atomic E-state index is 0.173. The van der Waals surface area contributed by atoms with Gasteiger partial charge in [-0.3, -0.25) is 14.8 Å². The molecule has 0 amide bonds. The van der Waals surface area contributed by atoms with E-state index in [1.54, 1.807) is 11.3 Å². The summed E-state index contributed by atoms with van der Waals surface area (Å²) in [5.74, 6) is 0.512. The summed E-state index contributed by atoms with van der Waals surface area (Å²) >= 11 is 1.64. The molecule has 5 heteroatoms. The van der Waals surface area contributed by atoms with Crippen LogP contribution in [0.25, 0.3) is 21.2 Å². The maximum absolute atomic E-state index is 12.9. The molecule has 1 aromatic carbocycles. The number of nitrogens with zero attached hydrogens (tertiary/aromatic N) is 3. The van der Waals surface area contributed by atoms with Gasteiger partial charge in [0, 0.05) is 42.4 Å². The highest BCUT2D eigenvalue weighted by atomic mass is 32.1. The summed E-state index contributed by atoms with van der Waals surface area (Å²) < 4.78 is 0. The van der Waals surface area contributed by atoms with Gasteiger partial charge in [0.05, 0.1) is 10.4 Å². The molecule has 0 unspecified atom stereocenters. The number of pyridine rings is 1. The van der Waals surface area contributed by atoms with Gasteiger partial charge in [-0.2, -0.15) is 0 Å². The normalized spacial score (nSPS) is 16.4. The predicted octanol–water partition coefficient (Wildman–Crippen LogP) is 5.23. The van der Waals surface area contributed by atoms with E-state index in [0.29, 0.717) is 17.6 Å². The summed E-state index contributed by atoms with van der Waals surface area (Å²) in [6, 6.07) is 8.44. The van der Waals surface area contributed by atoms with Gasteiger partial charge < -0.3 is 4.90 Å². The molecule has 3 aromatic rings. The standard InChI is InChI=1S/C24H29N3OS/c1-24(2,3)15-27-8-6-17(7-9-27)22(28)12-21-11-20-10-18(23-14-25-16-29-23)4-5-19(20)13-26-21/h4-5,10-11,13-14,16-17H,6-9,12,15H2,1-3H3. The van der Waals surface area contributed by atoms with Gasteiger partial charge in [-0.25, -0.2) is 0 Å². The Balaban J connectivity index is 1.42. The third-order valence-corrected chi connectivity index (χ3v) is 6.41. The van der Waals surface area contributed by atoms with Gasteiger partial charge in [-0.05, 0) is 54.4 Å². The van der Waals surface area contributed by atoms with Crippen molar-refractivity contribution in [3.63, 3.8) is 0 Å². The number of hydrogen-bond acceptors (Lipinski definition) is 5. The molecule has 0 radical (unpaired) electrons. The molecule has 4 rings (SSSR count). The van der Waals surface area contributed by atoms with E-state index in [9.17, 15) is 4.79 Å². The van der Waals surface area contributed by atoms with Crippen molar-refractivity contribution in [2.24, 2.45) is 11.3 Å². The van der Waals surface area contributed by atoms with Crippen LogP contribution in [0.15, 0.2) is 42.2 Å². The van der Waals surface area contributed by atoms with Gasteiger partial charge in [0.2, 0.25) is 0 Å². The SMILES string of the molecule is CC(C)(C)CN1CCC(C(=O)Cc2cc3cc(-c4cncs4)ccc3cn2)CC1. The highest BCUT2D eigenvalue weighted by Gasteiger charge is 2.27. The maximum Gasteiger partial charge on any atom is 0.142 e. The molecule has 1 aliphatic heterocycles. The van der Waals surface area contributed by atoms with Crippen molar-refractivity contribution in [3.8, 4) is 10.4 Å². The lowest BCUT2D eigenvalue weighted by Crippen LogP contribution is -2.40. The van der Waals surface area contributed by atoms with Crippen LogP contribution >= 0.6 is 11.3 Å². The number of thiazole rings is 1. The Morgan fingerprint density at radius 1 is 1.14 bits per heavy atom. The lowest BCUT2D eigenvalue weighted by molar-refractivity contribution is -0.123. The lowest BCUT2D eigenvalue weighted by atomic mass is 9.88. The summed E-state index contributed by atoms with van der Waals surface area (Å²) in [6.45, 7) is 9.97. The first-order valence-corrected chi connectivity index (χ1v) is 11.3. The van der Waals surface area contributed by atoms with Crippen LogP contribution in [-0.4, -0.2) is 40.3 Å². The number of Topliss-reactive ketones (excluding diaryl/α,β-unsaturated/α-hetero) is 1. The summed E-state index contributed by atoms with van der Waals surface area (Å²) in [5, 5.41) is 2.23. The molecule has 0 saturated carbocycles. The molecule has 0 bridgehead atoms. The largest absolute Gasteiger partial charge is 0.303 e. The van der Waals surface area contributed by atoms with Gasteiger partial charge in [-0.1, -0.05) is 32.9 Å². The Bertz CT molecular complexity index is 983. The van der Waals surface area contributed by atoms with Crippen LogP contribution in [-0.2, 0) is 11.2 Å². The van der Waals surface area contributed by atoms with Crippen LogP contribution < -0.4 is 0 Å². The molecule has 1 aliphatic rings. The molecule has 29 heavy (non-hydrogen) atoms. The van der Waals surface area contributed by atoms with Gasteiger partial charge >= 0.3 is 0 Å². The Kier molecular flexibility index (Phi) is 5.79. The number of piperidine rings is 1. The van der Waals surface area contributed by atoms with E-state index < -0.39 is 0 Å². The smallest absolute Gasteiger partial charge is 0.142 e. The number of hydrogen-bond donors (Lipinski definition) is 0. The Hall–Kier alpha value is -2.11. The van der Waals surface area contributed by atoms with Gasteiger partial charge in [0.25, 0.3) is 0 Å². The fourth-order valence-electron chi connectivity index (χ4n) is 4.20. The summed E-state index contributed by atoms with van der Waals surface area (Å²) in [5.41, 5.74) is 4.20. The number of aromatic nitrogens is 2. The number of fused-ring (bicyclic) bond motifs is 1. The highest BCUT2D eigenvalue weighted by Crippen LogP contribution is 2.28. The van der Waals surface area contributed by atoms with Gasteiger partial charge in [-0.15, -0.1) is 11.3 Å². The van der Waals surface area contributed by atoms with Crippen molar-refractivity contribution in [2.75, 3.05) is 19.6 Å². The fourth-order valence-corrected chi connectivity index (χ4v) is 4.82. The van der Waals surface area contributed by atoms with E-state index in [1.165, 1.54) is 0 Å². The van der Waals surface area contributed by atoms with Crippen molar-refractivity contribution in [2.45, 2.75) is 40.0 Å². The first-order valence-electron chi connectivity index (χ1n) is 10.4. The van der Waals surface area contributed by atoms with E-state index in [4.69, 9.17) is 0 Å².